The lowest BCUT2D eigenvalue weighted by molar-refractivity contribution is -0.141. The molecule has 0 radical (unpaired) electrons. The number of aliphatic hydroxyl groups excluding tert-OH is 2. The number of carbonyl (C=O) groups is 5. The summed E-state index contributed by atoms with van der Waals surface area (Å²) in [7, 11) is 1.23. The first-order valence-electron chi connectivity index (χ1n) is 15.3. The van der Waals surface area contributed by atoms with Gasteiger partial charge in [-0.15, -0.1) is 0 Å². The van der Waals surface area contributed by atoms with Gasteiger partial charge in [-0.25, -0.2) is 0 Å². The molecule has 0 rings (SSSR count). The van der Waals surface area contributed by atoms with Gasteiger partial charge in [-0.05, 0) is 25.7 Å². The zero-order valence-electron chi connectivity index (χ0n) is 27.0. The second-order valence-corrected chi connectivity index (χ2v) is 10.1. The largest absolute Gasteiger partial charge is 0.480 e. The minimum atomic E-state index is -1.29. The fraction of sp³-hybridized carbons (Fsp3) is 0.485. The fourth-order valence-electron chi connectivity index (χ4n) is 3.69. The molecule has 47 heavy (non-hydrogen) atoms. The Balaban J connectivity index is 5.37. The van der Waals surface area contributed by atoms with Crippen LogP contribution in [0.25, 0.3) is 0 Å². The number of hydrogen-bond acceptors (Lipinski definition) is 11. The molecule has 0 spiro atoms. The van der Waals surface area contributed by atoms with Gasteiger partial charge in [0.2, 0.25) is 11.8 Å². The van der Waals surface area contributed by atoms with Crippen LogP contribution in [0.15, 0.2) is 72.9 Å². The Morgan fingerprint density at radius 3 is 2.23 bits per heavy atom. The van der Waals surface area contributed by atoms with Crippen LogP contribution in [0.4, 0.5) is 0 Å². The number of rotatable bonds is 26. The minimum absolute atomic E-state index is 0.0193. The summed E-state index contributed by atoms with van der Waals surface area (Å²) in [5.41, 5.74) is 5.55. The van der Waals surface area contributed by atoms with Crippen LogP contribution >= 0.6 is 0 Å². The molecule has 0 unspecified atom stereocenters. The molecule has 0 saturated carbocycles. The predicted molar refractivity (Wildman–Crippen MR) is 176 cm³/mol. The molecule has 14 heteroatoms. The lowest BCUT2D eigenvalue weighted by atomic mass is 10.0. The van der Waals surface area contributed by atoms with Crippen molar-refractivity contribution in [1.82, 2.24) is 16.0 Å². The van der Waals surface area contributed by atoms with E-state index in [9.17, 15) is 34.2 Å². The number of aliphatic carboxylic acids is 1. The van der Waals surface area contributed by atoms with Crippen molar-refractivity contribution in [2.45, 2.75) is 82.4 Å². The van der Waals surface area contributed by atoms with Crippen molar-refractivity contribution >= 4 is 30.2 Å². The number of amides is 2. The minimum Gasteiger partial charge on any atom is -0.480 e. The highest BCUT2D eigenvalue weighted by Gasteiger charge is 2.25. The lowest BCUT2D eigenvalue weighted by Crippen LogP contribution is -2.55. The number of hydrogen-bond donors (Lipinski definition) is 7. The highest BCUT2D eigenvalue weighted by atomic mass is 16.5. The van der Waals surface area contributed by atoms with E-state index in [1.54, 1.807) is 36.5 Å². The third-order valence-corrected chi connectivity index (χ3v) is 6.22. The normalized spacial score (nSPS) is 15.3. The molecule has 0 saturated heterocycles. The number of nitrogens with one attached hydrogen (secondary N) is 3. The van der Waals surface area contributed by atoms with E-state index in [2.05, 4.69) is 25.4 Å². The highest BCUT2D eigenvalue weighted by molar-refractivity contribution is 5.89. The van der Waals surface area contributed by atoms with Gasteiger partial charge in [-0.3, -0.25) is 29.7 Å². The first-order chi connectivity index (χ1) is 22.5. The molecule has 5 atom stereocenters. The highest BCUT2D eigenvalue weighted by Crippen LogP contribution is 2.07. The predicted octanol–water partition coefficient (Wildman–Crippen LogP) is 1.07. The van der Waals surface area contributed by atoms with Gasteiger partial charge in [-0.1, -0.05) is 79.8 Å². The monoisotopic (exact) mass is 662 g/mol. The number of esters is 1. The maximum atomic E-state index is 12.7. The second-order valence-electron chi connectivity index (χ2n) is 10.1. The number of carboxylic acids is 1. The summed E-state index contributed by atoms with van der Waals surface area (Å²) in [6.07, 6.45) is 21.0. The van der Waals surface area contributed by atoms with Crippen LogP contribution in [0.3, 0.4) is 0 Å². The van der Waals surface area contributed by atoms with Crippen molar-refractivity contribution < 1.29 is 48.8 Å². The molecule has 14 nitrogen and oxygen atoms in total. The van der Waals surface area contributed by atoms with Gasteiger partial charge in [0.25, 0.3) is 6.47 Å². The maximum absolute atomic E-state index is 12.7. The van der Waals surface area contributed by atoms with E-state index in [4.69, 9.17) is 10.8 Å². The van der Waals surface area contributed by atoms with Crippen molar-refractivity contribution in [3.8, 4) is 0 Å². The molecule has 2 amide bonds. The molecule has 0 bridgehead atoms. The van der Waals surface area contributed by atoms with Crippen molar-refractivity contribution in [1.29, 1.82) is 0 Å². The average Bonchev–Trinajstić information content (AvgIpc) is 3.04. The molecule has 0 aliphatic heterocycles. The van der Waals surface area contributed by atoms with E-state index in [0.717, 1.165) is 6.42 Å². The summed E-state index contributed by atoms with van der Waals surface area (Å²) in [6.45, 7) is 1.29. The van der Waals surface area contributed by atoms with Gasteiger partial charge in [0.1, 0.15) is 12.6 Å². The van der Waals surface area contributed by atoms with Gasteiger partial charge in [0, 0.05) is 25.8 Å². The summed E-state index contributed by atoms with van der Waals surface area (Å²) in [5, 5.41) is 37.2. The van der Waals surface area contributed by atoms with Gasteiger partial charge in [-0.2, -0.15) is 0 Å². The zero-order chi connectivity index (χ0) is 35.3. The zero-order valence-corrected chi connectivity index (χ0v) is 27.0. The van der Waals surface area contributed by atoms with Crippen LogP contribution in [-0.4, -0.2) is 96.3 Å². The molecular weight excluding hydrogens is 612 g/mol. The summed E-state index contributed by atoms with van der Waals surface area (Å²) in [4.78, 5) is 58.1. The summed E-state index contributed by atoms with van der Waals surface area (Å²) in [6, 6.07) is -2.02. The number of methoxy groups -OCH3 is 1. The maximum Gasteiger partial charge on any atom is 0.322 e. The third kappa shape index (κ3) is 24.5. The van der Waals surface area contributed by atoms with Crippen LogP contribution in [0.2, 0.25) is 0 Å². The van der Waals surface area contributed by atoms with Gasteiger partial charge in [0.15, 0.2) is 6.23 Å². The van der Waals surface area contributed by atoms with Crippen LogP contribution in [0, 0.1) is 0 Å². The average molecular weight is 663 g/mol. The Bertz CT molecular complexity index is 1120. The van der Waals surface area contributed by atoms with Crippen LogP contribution in [0.5, 0.6) is 0 Å². The van der Waals surface area contributed by atoms with E-state index >= 15 is 0 Å². The van der Waals surface area contributed by atoms with Gasteiger partial charge in [0.05, 0.1) is 25.4 Å². The molecule has 0 aliphatic rings. The molecule has 0 aromatic carbocycles. The second kappa shape index (κ2) is 27.9. The Morgan fingerprint density at radius 2 is 1.57 bits per heavy atom. The van der Waals surface area contributed by atoms with Crippen molar-refractivity contribution in [2.75, 3.05) is 20.2 Å². The molecule has 0 fully saturated rings. The quantitative estimate of drug-likeness (QED) is 0.0227. The molecule has 0 heterocycles. The Labute approximate surface area is 276 Å². The third-order valence-electron chi connectivity index (χ3n) is 6.22. The summed E-state index contributed by atoms with van der Waals surface area (Å²) in [5.74, 6) is -3.20. The first-order valence-corrected chi connectivity index (χ1v) is 15.3. The van der Waals surface area contributed by atoms with Crippen molar-refractivity contribution in [2.24, 2.45) is 5.73 Å². The lowest BCUT2D eigenvalue weighted by Gasteiger charge is -2.25. The van der Waals surface area contributed by atoms with E-state index in [0.29, 0.717) is 12.8 Å². The van der Waals surface area contributed by atoms with Gasteiger partial charge < -0.3 is 40.7 Å². The Hall–Kier alpha value is -4.37. The fourth-order valence-corrected chi connectivity index (χ4v) is 3.69. The molecule has 262 valence electrons. The topological polar surface area (TPSA) is 227 Å². The first kappa shape index (κ1) is 42.6. The number of ether oxygens (including phenoxy) is 2. The van der Waals surface area contributed by atoms with Crippen molar-refractivity contribution in [3.63, 3.8) is 0 Å². The van der Waals surface area contributed by atoms with E-state index in [-0.39, 0.29) is 38.7 Å². The SMILES string of the molecule is CC/C=C\C[C@H](O)/C=C/C=C\C\C=C/C=C/C=C/[C@@H](NC[C@H](NC(=O)CC[C@H](N)OC=O)C(=O)NCC(=O)O)[C@@H](O)CCC(=O)OC. The number of carbonyl (C=O) groups excluding carboxylic acids is 4. The number of nitrogens with two attached hydrogens (primary N) is 1. The Kier molecular flexibility index (Phi) is 25.3. The van der Waals surface area contributed by atoms with Crippen LogP contribution in [-0.2, 0) is 33.4 Å². The number of carboxylic acid groups (broad SMARTS) is 1. The van der Waals surface area contributed by atoms with Gasteiger partial charge >= 0.3 is 11.9 Å². The summed E-state index contributed by atoms with van der Waals surface area (Å²) >= 11 is 0. The smallest absolute Gasteiger partial charge is 0.322 e. The Morgan fingerprint density at radius 1 is 0.894 bits per heavy atom. The number of aliphatic hydroxyl groups is 2. The van der Waals surface area contributed by atoms with E-state index in [1.165, 1.54) is 7.11 Å². The number of allylic oxidation sites excluding steroid dienone is 9. The molecular formula is C33H50N4O10. The summed E-state index contributed by atoms with van der Waals surface area (Å²) < 4.78 is 9.17. The standard InChI is InChI=1S/C33H50N4O10/c1-3-4-12-15-25(39)16-13-10-8-6-5-7-9-11-14-17-26(28(40)18-21-32(44)46-2)35-22-27(33(45)36-23-31(42)43)37-30(41)20-19-29(34)47-24-38/h4-5,7-14,16-17,24-29,35,39-40H,3,6,15,18-23,34H2,1-2H3,(H,36,45)(H,37,41)(H,42,43)/b7-5-,10-8-,11-9+,12-4-,16-13+,17-14+/t25-,26+,27-,28-,29+/m0/s1. The molecule has 8 N–H and O–H groups in total. The van der Waals surface area contributed by atoms with Crippen molar-refractivity contribution in [3.05, 3.63) is 72.9 Å². The van der Waals surface area contributed by atoms with Crippen LogP contribution in [0.1, 0.15) is 51.9 Å². The molecule has 0 aromatic rings. The molecule has 0 aromatic heterocycles. The van der Waals surface area contributed by atoms with Crippen LogP contribution < -0.4 is 21.7 Å². The van der Waals surface area contributed by atoms with E-state index < -0.39 is 60.8 Å². The van der Waals surface area contributed by atoms with E-state index in [1.807, 2.05) is 43.4 Å². The molecule has 0 aliphatic carbocycles.